The zero-order valence-corrected chi connectivity index (χ0v) is 19.5. The van der Waals surface area contributed by atoms with Crippen LogP contribution in [0.1, 0.15) is 78.4 Å². The van der Waals surface area contributed by atoms with Crippen molar-refractivity contribution in [2.24, 2.45) is 0 Å². The summed E-state index contributed by atoms with van der Waals surface area (Å²) in [5.41, 5.74) is 4.47. The maximum absolute atomic E-state index is 13.4. The quantitative estimate of drug-likeness (QED) is 0.672. The van der Waals surface area contributed by atoms with Crippen LogP contribution in [0, 0.1) is 13.8 Å². The number of rotatable bonds is 6. The molecule has 2 aliphatic rings. The number of hydrogen-bond acceptors (Lipinski definition) is 3. The van der Waals surface area contributed by atoms with Gasteiger partial charge < -0.3 is 14.4 Å². The van der Waals surface area contributed by atoms with Crippen LogP contribution in [0.2, 0.25) is 0 Å². The second kappa shape index (κ2) is 9.99. The van der Waals surface area contributed by atoms with Gasteiger partial charge in [-0.15, -0.1) is 0 Å². The summed E-state index contributed by atoms with van der Waals surface area (Å²) in [6, 6.07) is 9.15. The van der Waals surface area contributed by atoms with Gasteiger partial charge in [-0.05, 0) is 57.7 Å². The van der Waals surface area contributed by atoms with Crippen LogP contribution in [-0.4, -0.2) is 58.0 Å². The molecule has 2 aromatic rings. The maximum atomic E-state index is 13.4. The molecule has 2 fully saturated rings. The van der Waals surface area contributed by atoms with Crippen LogP contribution in [0.4, 0.5) is 0 Å². The molecule has 1 saturated heterocycles. The van der Waals surface area contributed by atoms with Gasteiger partial charge in [-0.3, -0.25) is 9.78 Å². The Labute approximate surface area is 187 Å². The Morgan fingerprint density at radius 3 is 2.52 bits per heavy atom. The van der Waals surface area contributed by atoms with Crippen molar-refractivity contribution < 1.29 is 4.79 Å². The molecule has 0 spiro atoms. The SMILES string of the molecule is Cc1cc(C(=O)N(C)C2CCN(CCc3ccccn3)CC2)c(C)n1C1CCCCC1. The number of piperidine rings is 1. The number of amides is 1. The van der Waals surface area contributed by atoms with Crippen molar-refractivity contribution in [3.63, 3.8) is 0 Å². The van der Waals surface area contributed by atoms with Crippen LogP contribution in [0.5, 0.6) is 0 Å². The summed E-state index contributed by atoms with van der Waals surface area (Å²) in [4.78, 5) is 22.4. The molecule has 5 heteroatoms. The van der Waals surface area contributed by atoms with E-state index in [1.54, 1.807) is 0 Å². The lowest BCUT2D eigenvalue weighted by Crippen LogP contribution is -2.46. The summed E-state index contributed by atoms with van der Waals surface area (Å²) in [7, 11) is 2.00. The minimum atomic E-state index is 0.196. The monoisotopic (exact) mass is 422 g/mol. The summed E-state index contributed by atoms with van der Waals surface area (Å²) in [6.45, 7) is 7.46. The molecule has 0 aromatic carbocycles. The highest BCUT2D eigenvalue weighted by atomic mass is 16.2. The van der Waals surface area contributed by atoms with Gasteiger partial charge in [0.05, 0.1) is 5.56 Å². The summed E-state index contributed by atoms with van der Waals surface area (Å²) < 4.78 is 2.44. The Morgan fingerprint density at radius 2 is 1.84 bits per heavy atom. The lowest BCUT2D eigenvalue weighted by molar-refractivity contribution is 0.0642. The third-order valence-corrected chi connectivity index (χ3v) is 7.49. The van der Waals surface area contributed by atoms with Gasteiger partial charge >= 0.3 is 0 Å². The van der Waals surface area contributed by atoms with Gasteiger partial charge in [-0.1, -0.05) is 25.3 Å². The fourth-order valence-corrected chi connectivity index (χ4v) is 5.60. The molecule has 1 saturated carbocycles. The van der Waals surface area contributed by atoms with Crippen molar-refractivity contribution in [2.75, 3.05) is 26.7 Å². The van der Waals surface area contributed by atoms with Crippen LogP contribution in [-0.2, 0) is 6.42 Å². The summed E-state index contributed by atoms with van der Waals surface area (Å²) in [5.74, 6) is 0.196. The molecule has 0 N–H and O–H groups in total. The smallest absolute Gasteiger partial charge is 0.255 e. The highest BCUT2D eigenvalue weighted by Gasteiger charge is 2.29. The molecule has 0 bridgehead atoms. The van der Waals surface area contributed by atoms with E-state index in [0.29, 0.717) is 12.1 Å². The van der Waals surface area contributed by atoms with Crippen LogP contribution in [0.3, 0.4) is 0 Å². The average Bonchev–Trinajstić information content (AvgIpc) is 3.12. The molecular formula is C26H38N4O. The summed E-state index contributed by atoms with van der Waals surface area (Å²) >= 11 is 0. The first kappa shape index (κ1) is 22.1. The molecule has 1 amide bonds. The molecule has 0 radical (unpaired) electrons. The van der Waals surface area contributed by atoms with Crippen molar-refractivity contribution in [3.8, 4) is 0 Å². The Kier molecular flexibility index (Phi) is 7.11. The highest BCUT2D eigenvalue weighted by molar-refractivity contribution is 5.95. The van der Waals surface area contributed by atoms with Gasteiger partial charge in [0, 0.05) is 68.5 Å². The topological polar surface area (TPSA) is 41.4 Å². The number of likely N-dealkylation sites (tertiary alicyclic amines) is 1. The van der Waals surface area contributed by atoms with Crippen molar-refractivity contribution in [2.45, 2.75) is 77.3 Å². The van der Waals surface area contributed by atoms with Gasteiger partial charge in [0.1, 0.15) is 0 Å². The second-order valence-corrected chi connectivity index (χ2v) is 9.51. The molecule has 0 atom stereocenters. The Hall–Kier alpha value is -2.14. The number of carbonyl (C=O) groups is 1. The highest BCUT2D eigenvalue weighted by Crippen LogP contribution is 2.32. The zero-order valence-electron chi connectivity index (χ0n) is 19.5. The predicted octanol–water partition coefficient (Wildman–Crippen LogP) is 4.78. The molecule has 5 nitrogen and oxygen atoms in total. The van der Waals surface area contributed by atoms with E-state index in [4.69, 9.17) is 0 Å². The van der Waals surface area contributed by atoms with E-state index in [9.17, 15) is 4.79 Å². The molecule has 2 aromatic heterocycles. The summed E-state index contributed by atoms with van der Waals surface area (Å²) in [5, 5.41) is 0. The largest absolute Gasteiger partial charge is 0.345 e. The van der Waals surface area contributed by atoms with Crippen molar-refractivity contribution in [3.05, 3.63) is 53.1 Å². The van der Waals surface area contributed by atoms with Crippen LogP contribution < -0.4 is 0 Å². The Morgan fingerprint density at radius 1 is 1.10 bits per heavy atom. The fraction of sp³-hybridized carbons (Fsp3) is 0.615. The number of aromatic nitrogens is 2. The summed E-state index contributed by atoms with van der Waals surface area (Å²) in [6.07, 6.45) is 11.4. The van der Waals surface area contributed by atoms with E-state index in [0.717, 1.165) is 55.8 Å². The van der Waals surface area contributed by atoms with E-state index in [1.807, 2.05) is 24.2 Å². The van der Waals surface area contributed by atoms with E-state index >= 15 is 0 Å². The Balaban J connectivity index is 1.34. The van der Waals surface area contributed by atoms with Crippen LogP contribution >= 0.6 is 0 Å². The van der Waals surface area contributed by atoms with E-state index in [-0.39, 0.29) is 5.91 Å². The van der Waals surface area contributed by atoms with Gasteiger partial charge in [0.25, 0.3) is 5.91 Å². The molecular weight excluding hydrogens is 384 g/mol. The minimum absolute atomic E-state index is 0.196. The molecule has 0 unspecified atom stereocenters. The zero-order chi connectivity index (χ0) is 21.8. The maximum Gasteiger partial charge on any atom is 0.255 e. The molecule has 3 heterocycles. The Bertz CT molecular complexity index is 861. The van der Waals surface area contributed by atoms with Gasteiger partial charge in [0.2, 0.25) is 0 Å². The number of nitrogens with zero attached hydrogens (tertiary/aromatic N) is 4. The van der Waals surface area contributed by atoms with Crippen LogP contribution in [0.25, 0.3) is 0 Å². The standard InChI is InChI=1S/C26H38N4O/c1-20-19-25(21(2)30(20)24-10-5-4-6-11-24)26(31)28(3)23-13-17-29(18-14-23)16-12-22-9-7-8-15-27-22/h7-9,15,19,23-24H,4-6,10-14,16-18H2,1-3H3. The lowest BCUT2D eigenvalue weighted by Gasteiger charge is -2.36. The predicted molar refractivity (Wildman–Crippen MR) is 126 cm³/mol. The second-order valence-electron chi connectivity index (χ2n) is 9.51. The molecule has 1 aliphatic heterocycles. The number of carbonyl (C=O) groups excluding carboxylic acids is 1. The van der Waals surface area contributed by atoms with E-state index < -0.39 is 0 Å². The molecule has 4 rings (SSSR count). The molecule has 168 valence electrons. The van der Waals surface area contributed by atoms with Gasteiger partial charge in [-0.25, -0.2) is 0 Å². The third kappa shape index (κ3) is 5.03. The van der Waals surface area contributed by atoms with Crippen molar-refractivity contribution in [1.29, 1.82) is 0 Å². The number of aryl methyl sites for hydroxylation is 1. The van der Waals surface area contributed by atoms with E-state index in [2.05, 4.69) is 46.5 Å². The third-order valence-electron chi connectivity index (χ3n) is 7.49. The normalized spacial score (nSPS) is 18.9. The van der Waals surface area contributed by atoms with Crippen molar-refractivity contribution in [1.82, 2.24) is 19.4 Å². The van der Waals surface area contributed by atoms with Crippen LogP contribution in [0.15, 0.2) is 30.5 Å². The van der Waals surface area contributed by atoms with E-state index in [1.165, 1.54) is 37.8 Å². The molecule has 1 aliphatic carbocycles. The number of hydrogen-bond donors (Lipinski definition) is 0. The lowest BCUT2D eigenvalue weighted by atomic mass is 9.95. The minimum Gasteiger partial charge on any atom is -0.345 e. The molecule has 31 heavy (non-hydrogen) atoms. The number of pyridine rings is 1. The average molecular weight is 423 g/mol. The first-order valence-corrected chi connectivity index (χ1v) is 12.1. The first-order valence-electron chi connectivity index (χ1n) is 12.1. The van der Waals surface area contributed by atoms with Gasteiger partial charge in [-0.2, -0.15) is 0 Å². The first-order chi connectivity index (χ1) is 15.0. The van der Waals surface area contributed by atoms with Crippen molar-refractivity contribution >= 4 is 5.91 Å². The fourth-order valence-electron chi connectivity index (χ4n) is 5.60. The van der Waals surface area contributed by atoms with Gasteiger partial charge in [0.15, 0.2) is 0 Å².